The molecule has 3 heteroatoms. The minimum absolute atomic E-state index is 0.0162. The van der Waals surface area contributed by atoms with Crippen LogP contribution in [-0.2, 0) is 14.3 Å². The van der Waals surface area contributed by atoms with Gasteiger partial charge in [0.1, 0.15) is 6.61 Å². The van der Waals surface area contributed by atoms with Gasteiger partial charge in [-0.1, -0.05) is 0 Å². The van der Waals surface area contributed by atoms with Gasteiger partial charge < -0.3 is 9.47 Å². The number of hydrogen-bond acceptors (Lipinski definition) is 3. The Morgan fingerprint density at radius 2 is 2.67 bits per heavy atom. The Labute approximate surface area is 53.9 Å². The van der Waals surface area contributed by atoms with E-state index in [1.165, 1.54) is 0 Å². The van der Waals surface area contributed by atoms with Crippen LogP contribution in [-0.4, -0.2) is 32.2 Å². The molecule has 1 unspecified atom stereocenters. The van der Waals surface area contributed by atoms with E-state index >= 15 is 0 Å². The zero-order valence-electron chi connectivity index (χ0n) is 5.42. The van der Waals surface area contributed by atoms with Gasteiger partial charge in [-0.05, 0) is 0 Å². The lowest BCUT2D eigenvalue weighted by atomic mass is 10.2. The van der Waals surface area contributed by atoms with E-state index < -0.39 is 0 Å². The molecule has 0 aliphatic carbocycles. The second kappa shape index (κ2) is 2.94. The SMILES string of the molecule is COCC1CC(=O)CO1. The van der Waals surface area contributed by atoms with Gasteiger partial charge in [0.2, 0.25) is 0 Å². The van der Waals surface area contributed by atoms with Crippen molar-refractivity contribution >= 4 is 5.78 Å². The van der Waals surface area contributed by atoms with Crippen molar-refractivity contribution in [2.24, 2.45) is 0 Å². The van der Waals surface area contributed by atoms with E-state index in [-0.39, 0.29) is 18.5 Å². The van der Waals surface area contributed by atoms with Crippen LogP contribution in [0.1, 0.15) is 6.42 Å². The largest absolute Gasteiger partial charge is 0.382 e. The molecule has 9 heavy (non-hydrogen) atoms. The van der Waals surface area contributed by atoms with Gasteiger partial charge in [0.15, 0.2) is 5.78 Å². The number of rotatable bonds is 2. The summed E-state index contributed by atoms with van der Waals surface area (Å²) in [6.07, 6.45) is 0.538. The van der Waals surface area contributed by atoms with Crippen molar-refractivity contribution in [3.05, 3.63) is 0 Å². The molecule has 0 bridgehead atoms. The molecule has 0 spiro atoms. The fourth-order valence-electron chi connectivity index (χ4n) is 0.876. The zero-order chi connectivity index (χ0) is 6.69. The average Bonchev–Trinajstić information content (AvgIpc) is 2.17. The highest BCUT2D eigenvalue weighted by Gasteiger charge is 2.21. The monoisotopic (exact) mass is 130 g/mol. The standard InChI is InChI=1S/C6H10O3/c1-8-4-6-2-5(7)3-9-6/h6H,2-4H2,1H3. The van der Waals surface area contributed by atoms with Crippen LogP contribution < -0.4 is 0 Å². The molecule has 1 rings (SSSR count). The number of ether oxygens (including phenoxy) is 2. The molecule has 0 aromatic carbocycles. The summed E-state index contributed by atoms with van der Waals surface area (Å²) in [7, 11) is 1.60. The van der Waals surface area contributed by atoms with Crippen LogP contribution in [0.15, 0.2) is 0 Å². The minimum Gasteiger partial charge on any atom is -0.382 e. The van der Waals surface area contributed by atoms with Crippen molar-refractivity contribution in [1.29, 1.82) is 0 Å². The maximum atomic E-state index is 10.5. The third-order valence-electron chi connectivity index (χ3n) is 1.29. The normalized spacial score (nSPS) is 27.2. The van der Waals surface area contributed by atoms with E-state index in [1.54, 1.807) is 7.11 Å². The van der Waals surface area contributed by atoms with Gasteiger partial charge >= 0.3 is 0 Å². The lowest BCUT2D eigenvalue weighted by molar-refractivity contribution is -0.117. The van der Waals surface area contributed by atoms with Crippen molar-refractivity contribution in [3.63, 3.8) is 0 Å². The van der Waals surface area contributed by atoms with Crippen LogP contribution in [0.2, 0.25) is 0 Å². The Hall–Kier alpha value is -0.410. The van der Waals surface area contributed by atoms with Crippen LogP contribution in [0.25, 0.3) is 0 Å². The molecule has 0 saturated carbocycles. The summed E-state index contributed by atoms with van der Waals surface area (Å²) < 4.78 is 9.83. The molecule has 1 atom stereocenters. The van der Waals surface area contributed by atoms with Gasteiger partial charge in [-0.15, -0.1) is 0 Å². The summed E-state index contributed by atoms with van der Waals surface area (Å²) in [4.78, 5) is 10.5. The smallest absolute Gasteiger partial charge is 0.161 e. The first kappa shape index (κ1) is 6.71. The van der Waals surface area contributed by atoms with Gasteiger partial charge in [0, 0.05) is 13.5 Å². The predicted octanol–water partition coefficient (Wildman–Crippen LogP) is -0.00920. The van der Waals surface area contributed by atoms with E-state index in [0.717, 1.165) is 0 Å². The Morgan fingerprint density at radius 3 is 3.11 bits per heavy atom. The maximum Gasteiger partial charge on any atom is 0.161 e. The molecule has 0 aromatic rings. The molecule has 0 N–H and O–H groups in total. The molecule has 3 nitrogen and oxygen atoms in total. The molecule has 1 heterocycles. The van der Waals surface area contributed by atoms with E-state index in [2.05, 4.69) is 0 Å². The number of methoxy groups -OCH3 is 1. The van der Waals surface area contributed by atoms with Gasteiger partial charge in [-0.2, -0.15) is 0 Å². The molecule has 0 radical (unpaired) electrons. The van der Waals surface area contributed by atoms with Crippen molar-refractivity contribution in [2.45, 2.75) is 12.5 Å². The summed E-state index contributed by atoms with van der Waals surface area (Å²) in [5.74, 6) is 0.178. The van der Waals surface area contributed by atoms with Crippen molar-refractivity contribution in [3.8, 4) is 0 Å². The fourth-order valence-corrected chi connectivity index (χ4v) is 0.876. The molecular weight excluding hydrogens is 120 g/mol. The highest BCUT2D eigenvalue weighted by molar-refractivity contribution is 5.81. The third-order valence-corrected chi connectivity index (χ3v) is 1.29. The minimum atomic E-state index is 0.0162. The average molecular weight is 130 g/mol. The van der Waals surface area contributed by atoms with Gasteiger partial charge in [-0.25, -0.2) is 0 Å². The highest BCUT2D eigenvalue weighted by Crippen LogP contribution is 2.07. The number of carbonyl (C=O) groups excluding carboxylic acids is 1. The van der Waals surface area contributed by atoms with E-state index in [4.69, 9.17) is 9.47 Å². The summed E-state index contributed by atoms with van der Waals surface area (Å²) in [6, 6.07) is 0. The number of hydrogen-bond donors (Lipinski definition) is 0. The maximum absolute atomic E-state index is 10.5. The Balaban J connectivity index is 2.22. The van der Waals surface area contributed by atoms with Crippen LogP contribution in [0.5, 0.6) is 0 Å². The molecule has 1 aliphatic rings. The van der Waals surface area contributed by atoms with E-state index in [1.807, 2.05) is 0 Å². The van der Waals surface area contributed by atoms with Gasteiger partial charge in [0.25, 0.3) is 0 Å². The zero-order valence-corrected chi connectivity index (χ0v) is 5.42. The van der Waals surface area contributed by atoms with Gasteiger partial charge in [-0.3, -0.25) is 4.79 Å². The highest BCUT2D eigenvalue weighted by atomic mass is 16.5. The summed E-state index contributed by atoms with van der Waals surface area (Å²) >= 11 is 0. The molecule has 1 saturated heterocycles. The molecule has 0 amide bonds. The second-order valence-electron chi connectivity index (χ2n) is 2.13. The van der Waals surface area contributed by atoms with E-state index in [0.29, 0.717) is 13.0 Å². The Kier molecular flexibility index (Phi) is 2.19. The molecule has 1 aliphatic heterocycles. The summed E-state index contributed by atoms with van der Waals surface area (Å²) in [6.45, 7) is 0.805. The van der Waals surface area contributed by atoms with Crippen molar-refractivity contribution in [2.75, 3.05) is 20.3 Å². The quantitative estimate of drug-likeness (QED) is 0.527. The van der Waals surface area contributed by atoms with Crippen LogP contribution >= 0.6 is 0 Å². The third kappa shape index (κ3) is 1.77. The summed E-state index contributed by atoms with van der Waals surface area (Å²) in [5, 5.41) is 0. The van der Waals surface area contributed by atoms with Crippen molar-refractivity contribution < 1.29 is 14.3 Å². The van der Waals surface area contributed by atoms with Gasteiger partial charge in [0.05, 0.1) is 12.7 Å². The summed E-state index contributed by atoms with van der Waals surface area (Å²) in [5.41, 5.74) is 0. The fraction of sp³-hybridized carbons (Fsp3) is 0.833. The lowest BCUT2D eigenvalue weighted by Crippen LogP contribution is -2.12. The Morgan fingerprint density at radius 1 is 1.89 bits per heavy atom. The van der Waals surface area contributed by atoms with Crippen LogP contribution in [0.3, 0.4) is 0 Å². The first-order valence-electron chi connectivity index (χ1n) is 2.95. The molecule has 52 valence electrons. The molecular formula is C6H10O3. The van der Waals surface area contributed by atoms with Crippen LogP contribution in [0.4, 0.5) is 0 Å². The predicted molar refractivity (Wildman–Crippen MR) is 31.2 cm³/mol. The Bertz CT molecular complexity index is 111. The van der Waals surface area contributed by atoms with E-state index in [9.17, 15) is 4.79 Å². The number of carbonyl (C=O) groups is 1. The topological polar surface area (TPSA) is 35.5 Å². The second-order valence-corrected chi connectivity index (χ2v) is 2.13. The molecule has 1 fully saturated rings. The lowest BCUT2D eigenvalue weighted by Gasteiger charge is -2.03. The van der Waals surface area contributed by atoms with Crippen molar-refractivity contribution in [1.82, 2.24) is 0 Å². The number of ketones is 1. The number of Topliss-reactive ketones (excluding diaryl/α,β-unsaturated/α-hetero) is 1. The van der Waals surface area contributed by atoms with Crippen LogP contribution in [0, 0.1) is 0 Å². The first-order chi connectivity index (χ1) is 4.33. The first-order valence-corrected chi connectivity index (χ1v) is 2.95. The molecule has 0 aromatic heterocycles.